The Morgan fingerprint density at radius 1 is 1.64 bits per heavy atom. The summed E-state index contributed by atoms with van der Waals surface area (Å²) in [6, 6.07) is 1.88. The monoisotopic (exact) mass is 235 g/mol. The third kappa shape index (κ3) is 2.30. The van der Waals surface area contributed by atoms with Crippen LogP contribution in [0.5, 0.6) is 5.75 Å². The molecule has 0 heterocycles. The zero-order valence-electron chi connectivity index (χ0n) is 7.17. The number of rotatable bonds is 2. The number of nitrogens with one attached hydrogen (secondary N) is 1. The highest BCUT2D eigenvalue weighted by Crippen LogP contribution is 2.26. The van der Waals surface area contributed by atoms with Gasteiger partial charge in [-0.3, -0.25) is 9.52 Å². The molecule has 0 saturated carbocycles. The lowest BCUT2D eigenvalue weighted by molar-refractivity contribution is 0.0980. The summed E-state index contributed by atoms with van der Waals surface area (Å²) in [5.41, 5.74) is -0.192. The van der Waals surface area contributed by atoms with Gasteiger partial charge in [0.2, 0.25) is 0 Å². The van der Waals surface area contributed by atoms with Gasteiger partial charge in [0.25, 0.3) is 5.91 Å². The number of hydrogen-bond donors (Lipinski definition) is 2. The van der Waals surface area contributed by atoms with Gasteiger partial charge in [0.05, 0.1) is 10.6 Å². The van der Waals surface area contributed by atoms with Crippen molar-refractivity contribution in [1.29, 1.82) is 0 Å². The molecule has 1 aromatic rings. The molecule has 1 amide bonds. The summed E-state index contributed by atoms with van der Waals surface area (Å²) in [5, 5.41) is 8.97. The Kier molecular flexibility index (Phi) is 3.60. The van der Waals surface area contributed by atoms with Crippen LogP contribution in [0.2, 0.25) is 5.02 Å². The van der Waals surface area contributed by atoms with Crippen LogP contribution in [0, 0.1) is 5.82 Å². The molecule has 0 bridgehead atoms. The molecule has 0 aliphatic heterocycles. The van der Waals surface area contributed by atoms with Gasteiger partial charge in [-0.15, -0.1) is 0 Å². The molecule has 3 nitrogen and oxygen atoms in total. The first-order chi connectivity index (χ1) is 6.56. The lowest BCUT2D eigenvalue weighted by Gasteiger charge is -2.04. The number of benzene rings is 1. The molecular weight excluding hydrogens is 229 g/mol. The Morgan fingerprint density at radius 3 is 2.86 bits per heavy atom. The van der Waals surface area contributed by atoms with Crippen LogP contribution in [0.4, 0.5) is 4.39 Å². The molecule has 0 aliphatic carbocycles. The van der Waals surface area contributed by atoms with Crippen molar-refractivity contribution in [2.24, 2.45) is 0 Å². The van der Waals surface area contributed by atoms with Crippen molar-refractivity contribution in [3.05, 3.63) is 28.5 Å². The standard InChI is InChI=1S/C8H7ClFNO2S/c1-14-11-8(13)4-2-5(9)7(12)3-6(4)10/h2-3,12H,1H3,(H,11,13). The van der Waals surface area contributed by atoms with E-state index in [1.165, 1.54) is 0 Å². The second-order valence-corrected chi connectivity index (χ2v) is 3.44. The Morgan fingerprint density at radius 2 is 2.29 bits per heavy atom. The number of aromatic hydroxyl groups is 1. The van der Waals surface area contributed by atoms with Crippen LogP contribution in [0.15, 0.2) is 12.1 Å². The Labute approximate surface area is 89.4 Å². The summed E-state index contributed by atoms with van der Waals surface area (Å²) in [5.74, 6) is -1.78. The van der Waals surface area contributed by atoms with Gasteiger partial charge in [-0.2, -0.15) is 0 Å². The lowest BCUT2D eigenvalue weighted by atomic mass is 10.2. The zero-order valence-corrected chi connectivity index (χ0v) is 8.75. The Balaban J connectivity index is 3.09. The molecule has 0 spiro atoms. The fourth-order valence-corrected chi connectivity index (χ4v) is 1.32. The van der Waals surface area contributed by atoms with Crippen molar-refractivity contribution >= 4 is 29.5 Å². The van der Waals surface area contributed by atoms with Crippen molar-refractivity contribution in [3.8, 4) is 5.75 Å². The van der Waals surface area contributed by atoms with Gasteiger partial charge < -0.3 is 5.11 Å². The fourth-order valence-electron chi connectivity index (χ4n) is 0.858. The first-order valence-corrected chi connectivity index (χ1v) is 5.18. The van der Waals surface area contributed by atoms with Crippen molar-refractivity contribution in [3.63, 3.8) is 0 Å². The van der Waals surface area contributed by atoms with E-state index < -0.39 is 11.7 Å². The van der Waals surface area contributed by atoms with Gasteiger partial charge in [0.15, 0.2) is 0 Å². The highest BCUT2D eigenvalue weighted by Gasteiger charge is 2.14. The third-order valence-electron chi connectivity index (χ3n) is 1.48. The quantitative estimate of drug-likeness (QED) is 0.773. The predicted octanol–water partition coefficient (Wildman–Crippen LogP) is 2.19. The first kappa shape index (κ1) is 11.1. The molecule has 2 N–H and O–H groups in total. The number of carbonyl (C=O) groups excluding carboxylic acids is 1. The first-order valence-electron chi connectivity index (χ1n) is 3.57. The Bertz CT molecular complexity index is 373. The van der Waals surface area contributed by atoms with E-state index >= 15 is 0 Å². The van der Waals surface area contributed by atoms with Gasteiger partial charge >= 0.3 is 0 Å². The van der Waals surface area contributed by atoms with Crippen LogP contribution in [0.3, 0.4) is 0 Å². The molecule has 0 saturated heterocycles. The van der Waals surface area contributed by atoms with Gasteiger partial charge in [-0.1, -0.05) is 23.5 Å². The topological polar surface area (TPSA) is 49.3 Å². The molecule has 76 valence electrons. The summed E-state index contributed by atoms with van der Waals surface area (Å²) < 4.78 is 15.5. The van der Waals surface area contributed by atoms with Crippen LogP contribution in [-0.2, 0) is 0 Å². The maximum atomic E-state index is 13.1. The van der Waals surface area contributed by atoms with E-state index in [2.05, 4.69) is 4.72 Å². The molecule has 0 radical (unpaired) electrons. The van der Waals surface area contributed by atoms with Gasteiger partial charge in [-0.05, 0) is 6.07 Å². The molecule has 0 atom stereocenters. The summed E-state index contributed by atoms with van der Waals surface area (Å²) in [6.45, 7) is 0. The van der Waals surface area contributed by atoms with Crippen LogP contribution >= 0.6 is 23.5 Å². The number of hydrogen-bond acceptors (Lipinski definition) is 3. The summed E-state index contributed by atoms with van der Waals surface area (Å²) >= 11 is 6.58. The normalized spacial score (nSPS) is 9.93. The second kappa shape index (κ2) is 4.52. The molecule has 1 aromatic carbocycles. The molecular formula is C8H7ClFNO2S. The zero-order chi connectivity index (χ0) is 10.7. The van der Waals surface area contributed by atoms with Crippen LogP contribution < -0.4 is 4.72 Å². The molecule has 6 heteroatoms. The van der Waals surface area contributed by atoms with E-state index in [1.54, 1.807) is 6.26 Å². The summed E-state index contributed by atoms with van der Waals surface area (Å²) in [4.78, 5) is 11.2. The largest absolute Gasteiger partial charge is 0.506 e. The van der Waals surface area contributed by atoms with E-state index in [1.807, 2.05) is 0 Å². The van der Waals surface area contributed by atoms with Gasteiger partial charge in [-0.25, -0.2) is 4.39 Å². The van der Waals surface area contributed by atoms with Gasteiger partial charge in [0, 0.05) is 12.3 Å². The Hall–Kier alpha value is -0.940. The predicted molar refractivity (Wildman–Crippen MR) is 54.1 cm³/mol. The van der Waals surface area contributed by atoms with Crippen molar-refractivity contribution < 1.29 is 14.3 Å². The van der Waals surface area contributed by atoms with E-state index in [-0.39, 0.29) is 16.3 Å². The van der Waals surface area contributed by atoms with Crippen LogP contribution in [0.1, 0.15) is 10.4 Å². The summed E-state index contributed by atoms with van der Waals surface area (Å²) in [6.07, 6.45) is 1.64. The lowest BCUT2D eigenvalue weighted by Crippen LogP contribution is -2.16. The highest BCUT2D eigenvalue weighted by molar-refractivity contribution is 7.97. The maximum absolute atomic E-state index is 13.1. The number of amides is 1. The minimum Gasteiger partial charge on any atom is -0.506 e. The number of phenols is 1. The molecule has 0 aromatic heterocycles. The highest BCUT2D eigenvalue weighted by atomic mass is 35.5. The van der Waals surface area contributed by atoms with E-state index in [0.717, 1.165) is 24.1 Å². The number of phenolic OH excluding ortho intramolecular Hbond substituents is 1. The molecule has 0 aliphatic rings. The number of halogens is 2. The minimum atomic E-state index is -0.807. The summed E-state index contributed by atoms with van der Waals surface area (Å²) in [7, 11) is 0. The smallest absolute Gasteiger partial charge is 0.264 e. The molecule has 14 heavy (non-hydrogen) atoms. The maximum Gasteiger partial charge on any atom is 0.264 e. The van der Waals surface area contributed by atoms with E-state index in [9.17, 15) is 9.18 Å². The average Bonchev–Trinajstić information content (AvgIpc) is 2.11. The SMILES string of the molecule is CSNC(=O)c1cc(Cl)c(O)cc1F. The molecule has 1 rings (SSSR count). The number of carbonyl (C=O) groups is 1. The second-order valence-electron chi connectivity index (χ2n) is 2.42. The van der Waals surface area contributed by atoms with Crippen molar-refractivity contribution in [2.75, 3.05) is 6.26 Å². The van der Waals surface area contributed by atoms with Crippen LogP contribution in [-0.4, -0.2) is 17.3 Å². The van der Waals surface area contributed by atoms with E-state index in [4.69, 9.17) is 16.7 Å². The van der Waals surface area contributed by atoms with Gasteiger partial charge in [0.1, 0.15) is 11.6 Å². The minimum absolute atomic E-state index is 0.0577. The average molecular weight is 236 g/mol. The van der Waals surface area contributed by atoms with Crippen LogP contribution in [0.25, 0.3) is 0 Å². The fraction of sp³-hybridized carbons (Fsp3) is 0.125. The van der Waals surface area contributed by atoms with Crippen molar-refractivity contribution in [1.82, 2.24) is 4.72 Å². The van der Waals surface area contributed by atoms with E-state index in [0.29, 0.717) is 0 Å². The molecule has 0 unspecified atom stereocenters. The third-order valence-corrected chi connectivity index (χ3v) is 2.17. The van der Waals surface area contributed by atoms with Crippen molar-refractivity contribution in [2.45, 2.75) is 0 Å². The molecule has 0 fully saturated rings.